The zero-order valence-corrected chi connectivity index (χ0v) is 22.2. The molecule has 4 rings (SSSR count). The number of hydrogen-bond acceptors (Lipinski definition) is 6. The van der Waals surface area contributed by atoms with Crippen molar-refractivity contribution < 1.29 is 22.8 Å². The van der Waals surface area contributed by atoms with Crippen LogP contribution in [0, 0.1) is 0 Å². The minimum Gasteiger partial charge on any atom is -0.598 e. The molecule has 0 aliphatic rings. The summed E-state index contributed by atoms with van der Waals surface area (Å²) in [5.74, 6) is 0. The van der Waals surface area contributed by atoms with E-state index in [1.54, 1.807) is 6.07 Å². The van der Waals surface area contributed by atoms with Gasteiger partial charge in [-0.2, -0.15) is 18.3 Å². The summed E-state index contributed by atoms with van der Waals surface area (Å²) in [6.07, 6.45) is -4.89. The number of aliphatic hydroxyl groups excluding tert-OH is 1. The van der Waals surface area contributed by atoms with Crippen molar-refractivity contribution in [2.75, 3.05) is 6.54 Å². The Hall–Kier alpha value is -2.99. The fourth-order valence-electron chi connectivity index (χ4n) is 3.87. The summed E-state index contributed by atoms with van der Waals surface area (Å²) >= 11 is -1.08. The van der Waals surface area contributed by atoms with Gasteiger partial charge >= 0.3 is 6.18 Å². The van der Waals surface area contributed by atoms with E-state index in [4.69, 9.17) is 4.98 Å². The monoisotopic (exact) mass is 545 g/mol. The van der Waals surface area contributed by atoms with Crippen molar-refractivity contribution in [1.29, 1.82) is 0 Å². The molecular weight excluding hydrogens is 515 g/mol. The Morgan fingerprint density at radius 2 is 1.74 bits per heavy atom. The van der Waals surface area contributed by atoms with Crippen LogP contribution in [0.2, 0.25) is 0 Å². The zero-order valence-electron chi connectivity index (χ0n) is 21.3. The molecule has 202 valence electrons. The number of nitrogens with zero attached hydrogens (tertiary/aromatic N) is 3. The summed E-state index contributed by atoms with van der Waals surface area (Å²) in [7, 11) is 0. The van der Waals surface area contributed by atoms with Gasteiger partial charge in [0.1, 0.15) is 10.4 Å². The largest absolute Gasteiger partial charge is 0.598 e. The lowest BCUT2D eigenvalue weighted by molar-refractivity contribution is -0.207. The normalized spacial score (nSPS) is 14.1. The molecule has 0 bridgehead atoms. The zero-order chi connectivity index (χ0) is 27.5. The topological polar surface area (TPSA) is 110 Å². The molecule has 4 aromatic rings. The Morgan fingerprint density at radius 3 is 2.47 bits per heavy atom. The predicted molar refractivity (Wildman–Crippen MR) is 142 cm³/mol. The number of halogens is 3. The van der Waals surface area contributed by atoms with Crippen LogP contribution in [-0.2, 0) is 17.8 Å². The Bertz CT molecular complexity index is 1390. The molecule has 0 fully saturated rings. The van der Waals surface area contributed by atoms with E-state index in [9.17, 15) is 22.8 Å². The number of alkyl halides is 3. The Morgan fingerprint density at radius 1 is 1.00 bits per heavy atom. The highest BCUT2D eigenvalue weighted by Gasteiger charge is 2.40. The highest BCUT2D eigenvalue weighted by molar-refractivity contribution is 7.90. The summed E-state index contributed by atoms with van der Waals surface area (Å²) in [5, 5.41) is 17.5. The first-order chi connectivity index (χ1) is 17.9. The van der Waals surface area contributed by atoms with E-state index in [-0.39, 0.29) is 10.4 Å². The smallest absolute Gasteiger partial charge is 0.420 e. The SMILES string of the molecule is CC(C)(C)[S+]([O-])NCCCCc1cccc(-c2ccc3c(-c4cccc([C@H](O)C(F)(F)F)n4)n[nH]c3c2)n1. The highest BCUT2D eigenvalue weighted by Crippen LogP contribution is 2.33. The van der Waals surface area contributed by atoms with Crippen molar-refractivity contribution in [1.82, 2.24) is 24.9 Å². The van der Waals surface area contributed by atoms with Crippen LogP contribution in [-0.4, -0.2) is 47.3 Å². The molecule has 7 nitrogen and oxygen atoms in total. The third-order valence-corrected chi connectivity index (χ3v) is 7.50. The van der Waals surface area contributed by atoms with E-state index in [1.165, 1.54) is 6.07 Å². The molecule has 0 spiro atoms. The van der Waals surface area contributed by atoms with Gasteiger partial charge in [-0.15, -0.1) is 4.72 Å². The van der Waals surface area contributed by atoms with Crippen LogP contribution in [0.1, 0.15) is 51.1 Å². The molecule has 0 saturated carbocycles. The van der Waals surface area contributed by atoms with E-state index in [1.807, 2.05) is 57.2 Å². The van der Waals surface area contributed by atoms with Gasteiger partial charge in [-0.1, -0.05) is 18.2 Å². The van der Waals surface area contributed by atoms with E-state index in [0.29, 0.717) is 23.1 Å². The lowest BCUT2D eigenvalue weighted by Crippen LogP contribution is -2.39. The van der Waals surface area contributed by atoms with Gasteiger partial charge in [0.15, 0.2) is 6.10 Å². The second kappa shape index (κ2) is 11.4. The quantitative estimate of drug-likeness (QED) is 0.185. The number of fused-ring (bicyclic) bond motifs is 1. The number of benzene rings is 1. The number of aromatic nitrogens is 4. The molecule has 0 aliphatic heterocycles. The van der Waals surface area contributed by atoms with Crippen LogP contribution in [0.3, 0.4) is 0 Å². The van der Waals surface area contributed by atoms with Gasteiger partial charge in [0.2, 0.25) is 0 Å². The number of pyridine rings is 2. The lowest BCUT2D eigenvalue weighted by atomic mass is 10.1. The van der Waals surface area contributed by atoms with E-state index >= 15 is 0 Å². The number of nitrogens with one attached hydrogen (secondary N) is 2. The molecule has 3 heterocycles. The fourth-order valence-corrected chi connectivity index (χ4v) is 4.63. The van der Waals surface area contributed by atoms with Crippen molar-refractivity contribution in [2.45, 2.75) is 57.1 Å². The van der Waals surface area contributed by atoms with Crippen LogP contribution in [0.25, 0.3) is 33.5 Å². The van der Waals surface area contributed by atoms with Crippen molar-refractivity contribution in [3.8, 4) is 22.6 Å². The van der Waals surface area contributed by atoms with E-state index in [2.05, 4.69) is 19.9 Å². The average molecular weight is 546 g/mol. The van der Waals surface area contributed by atoms with Gasteiger partial charge in [-0.3, -0.25) is 10.1 Å². The number of aryl methyl sites for hydroxylation is 1. The summed E-state index contributed by atoms with van der Waals surface area (Å²) in [5.41, 5.74) is 3.44. The summed E-state index contributed by atoms with van der Waals surface area (Å²) in [6, 6.07) is 15.5. The Kier molecular flexibility index (Phi) is 8.41. The molecule has 3 N–H and O–H groups in total. The number of aromatic amines is 1. The van der Waals surface area contributed by atoms with Gasteiger partial charge < -0.3 is 9.66 Å². The minimum absolute atomic E-state index is 0.228. The predicted octanol–water partition coefficient (Wildman–Crippen LogP) is 5.66. The average Bonchev–Trinajstić information content (AvgIpc) is 3.30. The Balaban J connectivity index is 1.46. The third-order valence-electron chi connectivity index (χ3n) is 5.92. The maximum atomic E-state index is 12.9. The molecule has 0 saturated heterocycles. The summed E-state index contributed by atoms with van der Waals surface area (Å²) in [4.78, 5) is 8.78. The molecule has 0 radical (unpaired) electrons. The van der Waals surface area contributed by atoms with Crippen molar-refractivity contribution in [2.24, 2.45) is 0 Å². The molecule has 2 atom stereocenters. The minimum atomic E-state index is -4.81. The van der Waals surface area contributed by atoms with Crippen LogP contribution in [0.4, 0.5) is 13.2 Å². The number of H-pyrrole nitrogens is 1. The summed E-state index contributed by atoms with van der Waals surface area (Å²) < 4.78 is 53.7. The highest BCUT2D eigenvalue weighted by atomic mass is 32.2. The van der Waals surface area contributed by atoms with Crippen molar-refractivity contribution >= 4 is 22.3 Å². The van der Waals surface area contributed by atoms with E-state index in [0.717, 1.165) is 42.3 Å². The van der Waals surface area contributed by atoms with Crippen LogP contribution >= 0.6 is 0 Å². The van der Waals surface area contributed by atoms with Crippen LogP contribution in [0.5, 0.6) is 0 Å². The summed E-state index contributed by atoms with van der Waals surface area (Å²) in [6.45, 7) is 6.48. The first-order valence-electron chi connectivity index (χ1n) is 12.3. The van der Waals surface area contributed by atoms with Crippen LogP contribution in [0.15, 0.2) is 54.6 Å². The number of unbranched alkanes of at least 4 members (excludes halogenated alkanes) is 1. The second-order valence-corrected chi connectivity index (χ2v) is 12.0. The van der Waals surface area contributed by atoms with Gasteiger partial charge in [0.05, 0.1) is 22.6 Å². The molecular formula is C27H30F3N5O2S. The van der Waals surface area contributed by atoms with Gasteiger partial charge in [-0.25, -0.2) is 4.98 Å². The number of aliphatic hydroxyl groups is 1. The molecule has 3 aromatic heterocycles. The number of hydrogen-bond donors (Lipinski definition) is 3. The first kappa shape index (κ1) is 28.0. The second-order valence-electron chi connectivity index (χ2n) is 9.97. The molecule has 38 heavy (non-hydrogen) atoms. The molecule has 1 unspecified atom stereocenters. The molecule has 0 amide bonds. The molecule has 11 heteroatoms. The van der Waals surface area contributed by atoms with Crippen molar-refractivity contribution in [3.63, 3.8) is 0 Å². The maximum Gasteiger partial charge on any atom is 0.420 e. The number of rotatable bonds is 9. The van der Waals surface area contributed by atoms with Gasteiger partial charge in [-0.05, 0) is 76.4 Å². The Labute approximate surface area is 222 Å². The van der Waals surface area contributed by atoms with Crippen LogP contribution < -0.4 is 4.72 Å². The molecule has 1 aromatic carbocycles. The van der Waals surface area contributed by atoms with Gasteiger partial charge in [0, 0.05) is 34.6 Å². The van der Waals surface area contributed by atoms with Crippen molar-refractivity contribution in [3.05, 3.63) is 66.0 Å². The first-order valence-corrected chi connectivity index (χ1v) is 13.4. The fraction of sp³-hybridized carbons (Fsp3) is 0.370. The third kappa shape index (κ3) is 6.71. The van der Waals surface area contributed by atoms with E-state index < -0.39 is 29.3 Å². The lowest BCUT2D eigenvalue weighted by Gasteiger charge is -2.23. The molecule has 0 aliphatic carbocycles. The standard InChI is InChI=1S/C27H30F3N5O2S/c1-26(2,3)38(37)31-15-5-4-8-18-9-6-10-20(32-18)17-13-14-19-23(16-17)34-35-24(19)21-11-7-12-22(33-21)25(36)27(28,29)30/h6-7,9-14,16,25,31,36H,4-5,8,15H2,1-3H3,(H,34,35)/t25-,38?/m0/s1. The maximum absolute atomic E-state index is 12.9. The van der Waals surface area contributed by atoms with Gasteiger partial charge in [0.25, 0.3) is 0 Å².